The number of methoxy groups -OCH3 is 1. The molecule has 0 bridgehead atoms. The van der Waals surface area contributed by atoms with Crippen LogP contribution < -0.4 is 0 Å². The van der Waals surface area contributed by atoms with Crippen LogP contribution in [0.15, 0.2) is 29.8 Å². The number of esters is 1. The van der Waals surface area contributed by atoms with Crippen molar-refractivity contribution in [3.05, 3.63) is 46.5 Å². The van der Waals surface area contributed by atoms with Crippen LogP contribution in [0.4, 0.5) is 26.3 Å². The lowest BCUT2D eigenvalue weighted by molar-refractivity contribution is -0.143. The largest absolute Gasteiger partial charge is 0.466 e. The maximum absolute atomic E-state index is 13.0. The number of fused-ring (bicyclic) bond motifs is 1. The molecular weight excluding hydrogens is 420 g/mol. The van der Waals surface area contributed by atoms with Crippen LogP contribution in [0.5, 0.6) is 0 Å². The second kappa shape index (κ2) is 7.93. The molecule has 3 rings (SSSR count). The molecule has 1 saturated heterocycles. The van der Waals surface area contributed by atoms with Crippen LogP contribution in [0, 0.1) is 0 Å². The molecule has 0 spiro atoms. The Kier molecular flexibility index (Phi) is 5.85. The van der Waals surface area contributed by atoms with Gasteiger partial charge in [0.25, 0.3) is 0 Å². The van der Waals surface area contributed by atoms with Gasteiger partial charge >= 0.3 is 18.3 Å². The highest BCUT2D eigenvalue weighted by atomic mass is 19.4. The standard InChI is InChI=1S/C19H17F6NO4/c1-29-17(28)11-4-14-7-15(8-26(14)16(27)5-11)30-9-10-2-12(18(20,21)22)6-13(3-10)19(23,24)25/h2-3,5-6,14-15H,4,7-9H2,1H3. The molecule has 2 aliphatic rings. The fourth-order valence-corrected chi connectivity index (χ4v) is 3.59. The van der Waals surface area contributed by atoms with Gasteiger partial charge < -0.3 is 14.4 Å². The number of hydrogen-bond acceptors (Lipinski definition) is 4. The van der Waals surface area contributed by atoms with Gasteiger partial charge in [0.05, 0.1) is 30.9 Å². The number of carbonyl (C=O) groups is 2. The quantitative estimate of drug-likeness (QED) is 0.533. The summed E-state index contributed by atoms with van der Waals surface area (Å²) in [4.78, 5) is 25.3. The summed E-state index contributed by atoms with van der Waals surface area (Å²) in [6.45, 7) is -0.358. The molecular formula is C19H17F6NO4. The summed E-state index contributed by atoms with van der Waals surface area (Å²) in [5.74, 6) is -1.05. The van der Waals surface area contributed by atoms with Gasteiger partial charge in [0.2, 0.25) is 5.91 Å². The maximum atomic E-state index is 13.0. The Labute approximate surface area is 167 Å². The van der Waals surface area contributed by atoms with Crippen LogP contribution >= 0.6 is 0 Å². The van der Waals surface area contributed by atoms with Crippen molar-refractivity contribution in [3.8, 4) is 0 Å². The van der Waals surface area contributed by atoms with Crippen molar-refractivity contribution < 1.29 is 45.4 Å². The molecule has 0 aromatic heterocycles. The van der Waals surface area contributed by atoms with E-state index in [9.17, 15) is 35.9 Å². The van der Waals surface area contributed by atoms with E-state index in [1.807, 2.05) is 0 Å². The first-order valence-corrected chi connectivity index (χ1v) is 8.88. The summed E-state index contributed by atoms with van der Waals surface area (Å²) in [7, 11) is 1.19. The van der Waals surface area contributed by atoms with Gasteiger partial charge in [0.15, 0.2) is 0 Å². The molecule has 30 heavy (non-hydrogen) atoms. The van der Waals surface area contributed by atoms with Crippen LogP contribution in [0.25, 0.3) is 0 Å². The molecule has 1 fully saturated rings. The third-order valence-electron chi connectivity index (χ3n) is 4.99. The number of amides is 1. The Balaban J connectivity index is 1.70. The number of alkyl halides is 6. The van der Waals surface area contributed by atoms with Gasteiger partial charge in [0, 0.05) is 30.7 Å². The highest BCUT2D eigenvalue weighted by molar-refractivity contribution is 6.00. The molecule has 1 aromatic carbocycles. The summed E-state index contributed by atoms with van der Waals surface area (Å²) < 4.78 is 87.9. The summed E-state index contributed by atoms with van der Waals surface area (Å²) in [5.41, 5.74) is -2.90. The Bertz CT molecular complexity index is 845. The molecule has 1 amide bonds. The van der Waals surface area contributed by atoms with Gasteiger partial charge in [-0.25, -0.2) is 4.79 Å². The van der Waals surface area contributed by atoms with E-state index in [1.54, 1.807) is 0 Å². The lowest BCUT2D eigenvalue weighted by Gasteiger charge is -2.27. The van der Waals surface area contributed by atoms with E-state index in [-0.39, 0.29) is 36.2 Å². The Morgan fingerprint density at radius 2 is 1.70 bits per heavy atom. The van der Waals surface area contributed by atoms with Gasteiger partial charge in [-0.1, -0.05) is 0 Å². The molecule has 164 valence electrons. The topological polar surface area (TPSA) is 55.8 Å². The van der Waals surface area contributed by atoms with Crippen LogP contribution in [0.3, 0.4) is 0 Å². The monoisotopic (exact) mass is 437 g/mol. The molecule has 2 aliphatic heterocycles. The minimum atomic E-state index is -4.94. The predicted octanol–water partition coefficient (Wildman–Crippen LogP) is 3.71. The van der Waals surface area contributed by atoms with Crippen molar-refractivity contribution in [1.29, 1.82) is 0 Å². The molecule has 0 aliphatic carbocycles. The zero-order valence-electron chi connectivity index (χ0n) is 15.6. The van der Waals surface area contributed by atoms with Crippen LogP contribution in [0.1, 0.15) is 29.5 Å². The van der Waals surface area contributed by atoms with Crippen LogP contribution in [0.2, 0.25) is 0 Å². The number of hydrogen-bond donors (Lipinski definition) is 0. The van der Waals surface area contributed by atoms with Crippen molar-refractivity contribution in [2.45, 2.75) is 43.9 Å². The van der Waals surface area contributed by atoms with Gasteiger partial charge in [-0.2, -0.15) is 26.3 Å². The zero-order valence-corrected chi connectivity index (χ0v) is 15.6. The van der Waals surface area contributed by atoms with E-state index in [1.165, 1.54) is 12.0 Å². The van der Waals surface area contributed by atoms with Crippen LogP contribution in [-0.4, -0.2) is 42.6 Å². The Morgan fingerprint density at radius 3 is 2.23 bits per heavy atom. The lowest BCUT2D eigenvalue weighted by atomic mass is 9.99. The summed E-state index contributed by atoms with van der Waals surface area (Å²) >= 11 is 0. The minimum absolute atomic E-state index is 0.0536. The lowest BCUT2D eigenvalue weighted by Crippen LogP contribution is -2.39. The zero-order chi connectivity index (χ0) is 22.3. The summed E-state index contributed by atoms with van der Waals surface area (Å²) in [5, 5.41) is 0. The summed E-state index contributed by atoms with van der Waals surface area (Å²) in [6, 6.07) is 0.922. The van der Waals surface area contributed by atoms with E-state index in [0.717, 1.165) is 6.08 Å². The molecule has 11 heteroatoms. The molecule has 2 unspecified atom stereocenters. The second-order valence-electron chi connectivity index (χ2n) is 7.09. The van der Waals surface area contributed by atoms with E-state index in [4.69, 9.17) is 4.74 Å². The van der Waals surface area contributed by atoms with E-state index in [0.29, 0.717) is 18.6 Å². The van der Waals surface area contributed by atoms with Crippen LogP contribution in [-0.2, 0) is 38.0 Å². The minimum Gasteiger partial charge on any atom is -0.466 e. The SMILES string of the molecule is COC(=O)C1=CC(=O)N2CC(OCc3cc(C(F)(F)F)cc(C(F)(F)F)c3)CC2C1. The number of carbonyl (C=O) groups excluding carboxylic acids is 2. The number of ether oxygens (including phenoxy) is 2. The third kappa shape index (κ3) is 4.77. The van der Waals surface area contributed by atoms with Crippen molar-refractivity contribution in [2.75, 3.05) is 13.7 Å². The normalized spacial score (nSPS) is 22.0. The van der Waals surface area contributed by atoms with E-state index >= 15 is 0 Å². The fraction of sp³-hybridized carbons (Fsp3) is 0.474. The van der Waals surface area contributed by atoms with Gasteiger partial charge in [-0.05, 0) is 30.2 Å². The Hall–Kier alpha value is -2.56. The highest BCUT2D eigenvalue weighted by Gasteiger charge is 2.40. The second-order valence-corrected chi connectivity index (χ2v) is 7.09. The van der Waals surface area contributed by atoms with Gasteiger partial charge in [0.1, 0.15) is 0 Å². The maximum Gasteiger partial charge on any atom is 0.416 e. The molecule has 5 nitrogen and oxygen atoms in total. The van der Waals surface area contributed by atoms with Crippen molar-refractivity contribution in [1.82, 2.24) is 4.90 Å². The van der Waals surface area contributed by atoms with Gasteiger partial charge in [-0.15, -0.1) is 0 Å². The highest BCUT2D eigenvalue weighted by Crippen LogP contribution is 2.37. The number of halogens is 6. The summed E-state index contributed by atoms with van der Waals surface area (Å²) in [6.07, 6.45) is -8.77. The Morgan fingerprint density at radius 1 is 1.10 bits per heavy atom. The fourth-order valence-electron chi connectivity index (χ4n) is 3.59. The van der Waals surface area contributed by atoms with Crippen molar-refractivity contribution in [3.63, 3.8) is 0 Å². The van der Waals surface area contributed by atoms with E-state index in [2.05, 4.69) is 4.74 Å². The first kappa shape index (κ1) is 22.1. The molecule has 1 aromatic rings. The van der Waals surface area contributed by atoms with Crippen molar-refractivity contribution >= 4 is 11.9 Å². The average molecular weight is 437 g/mol. The number of nitrogens with zero attached hydrogens (tertiary/aromatic N) is 1. The number of rotatable bonds is 4. The molecule has 0 N–H and O–H groups in total. The average Bonchev–Trinajstić information content (AvgIpc) is 3.07. The molecule has 0 radical (unpaired) electrons. The molecule has 2 atom stereocenters. The van der Waals surface area contributed by atoms with Crippen molar-refractivity contribution in [2.24, 2.45) is 0 Å². The van der Waals surface area contributed by atoms with E-state index < -0.39 is 48.1 Å². The first-order chi connectivity index (χ1) is 13.9. The smallest absolute Gasteiger partial charge is 0.416 e. The third-order valence-corrected chi connectivity index (χ3v) is 4.99. The molecule has 0 saturated carbocycles. The molecule has 2 heterocycles. The predicted molar refractivity (Wildman–Crippen MR) is 89.9 cm³/mol. The van der Waals surface area contributed by atoms with Gasteiger partial charge in [-0.3, -0.25) is 4.79 Å². The number of benzene rings is 1. The first-order valence-electron chi connectivity index (χ1n) is 8.88.